The summed E-state index contributed by atoms with van der Waals surface area (Å²) in [5, 5.41) is 8.10. The molecule has 0 aliphatic heterocycles. The van der Waals surface area contributed by atoms with Gasteiger partial charge >= 0.3 is 0 Å². The van der Waals surface area contributed by atoms with E-state index in [9.17, 15) is 0 Å². The molecule has 0 fully saturated rings. The first-order chi connectivity index (χ1) is 22.3. The number of fused-ring (bicyclic) bond motifs is 7. The van der Waals surface area contributed by atoms with Crippen molar-refractivity contribution in [3.63, 3.8) is 0 Å². The van der Waals surface area contributed by atoms with Crippen molar-refractivity contribution in [2.24, 2.45) is 0 Å². The molecule has 0 N–H and O–H groups in total. The first kappa shape index (κ1) is 26.1. The average Bonchev–Trinajstić information content (AvgIpc) is 3.46. The van der Waals surface area contributed by atoms with Gasteiger partial charge in [0.25, 0.3) is 0 Å². The lowest BCUT2D eigenvalue weighted by molar-refractivity contribution is 0.660. The molecule has 0 atom stereocenters. The van der Waals surface area contributed by atoms with E-state index in [0.717, 1.165) is 0 Å². The summed E-state index contributed by atoms with van der Waals surface area (Å²) in [4.78, 5) is 0. The van der Waals surface area contributed by atoms with E-state index >= 15 is 0 Å². The van der Waals surface area contributed by atoms with Crippen molar-refractivity contribution in [1.29, 1.82) is 0 Å². The average molecular weight is 587 g/mol. The Morgan fingerprint density at radius 3 is 1.87 bits per heavy atom. The van der Waals surface area contributed by atoms with Crippen molar-refractivity contribution in [3.05, 3.63) is 156 Å². The SMILES string of the molecule is CC1(C)c2ccccc2-c2cc(-c3ccc4ccc5c6c(cc7ccc3c4c75)C(C)(C)c3cc(-c4ccccc4)ccc3-6)ccc21. The van der Waals surface area contributed by atoms with Gasteiger partial charge in [0.05, 0.1) is 0 Å². The van der Waals surface area contributed by atoms with Gasteiger partial charge in [0.2, 0.25) is 0 Å². The molecule has 0 heteroatoms. The quantitative estimate of drug-likeness (QED) is 0.177. The van der Waals surface area contributed by atoms with E-state index in [1.807, 2.05) is 0 Å². The van der Waals surface area contributed by atoms with Crippen molar-refractivity contribution in [2.75, 3.05) is 0 Å². The molecule has 10 rings (SSSR count). The van der Waals surface area contributed by atoms with Crippen LogP contribution in [0.2, 0.25) is 0 Å². The largest absolute Gasteiger partial charge is 0.0622 e. The van der Waals surface area contributed by atoms with E-state index in [-0.39, 0.29) is 10.8 Å². The standard InChI is InChI=1S/C46H34/c1-45(2)38-13-9-8-12-33(38)37-24-30(18-23-39(37)45)32-19-14-28-15-22-36-43-31(17-20-34(32)42(28)43)26-41-44(36)35-21-16-29(25-40(35)46(41,3)4)27-10-6-5-7-11-27/h5-26H,1-4H3. The predicted molar refractivity (Wildman–Crippen MR) is 196 cm³/mol. The highest BCUT2D eigenvalue weighted by Crippen LogP contribution is 2.55. The van der Waals surface area contributed by atoms with Gasteiger partial charge in [-0.3, -0.25) is 0 Å². The van der Waals surface area contributed by atoms with Crippen LogP contribution in [0.4, 0.5) is 0 Å². The van der Waals surface area contributed by atoms with Crippen LogP contribution in [0.1, 0.15) is 49.9 Å². The Kier molecular flexibility index (Phi) is 4.95. The molecule has 8 aromatic rings. The smallest absolute Gasteiger partial charge is 0.0159 e. The van der Waals surface area contributed by atoms with Crippen LogP contribution in [-0.4, -0.2) is 0 Å². The van der Waals surface area contributed by atoms with Gasteiger partial charge in [-0.05, 0) is 117 Å². The zero-order valence-corrected chi connectivity index (χ0v) is 26.7. The maximum Gasteiger partial charge on any atom is 0.0159 e. The highest BCUT2D eigenvalue weighted by atomic mass is 14.4. The zero-order chi connectivity index (χ0) is 30.9. The monoisotopic (exact) mass is 586 g/mol. The van der Waals surface area contributed by atoms with Gasteiger partial charge in [0, 0.05) is 10.8 Å². The Labute approximate surface area is 270 Å². The highest BCUT2D eigenvalue weighted by molar-refractivity contribution is 6.28. The summed E-state index contributed by atoms with van der Waals surface area (Å²) in [7, 11) is 0. The molecule has 0 spiro atoms. The third-order valence-corrected chi connectivity index (χ3v) is 11.4. The maximum absolute atomic E-state index is 2.49. The Bertz CT molecular complexity index is 2560. The summed E-state index contributed by atoms with van der Waals surface area (Å²) in [5.74, 6) is 0. The van der Waals surface area contributed by atoms with Gasteiger partial charge < -0.3 is 0 Å². The molecule has 0 bridgehead atoms. The summed E-state index contributed by atoms with van der Waals surface area (Å²) in [6.07, 6.45) is 0. The molecule has 0 saturated heterocycles. The minimum Gasteiger partial charge on any atom is -0.0622 e. The third-order valence-electron chi connectivity index (χ3n) is 11.4. The molecule has 0 aromatic heterocycles. The second-order valence-corrected chi connectivity index (χ2v) is 14.5. The molecule has 218 valence electrons. The Morgan fingerprint density at radius 2 is 1.00 bits per heavy atom. The van der Waals surface area contributed by atoms with Gasteiger partial charge in [-0.2, -0.15) is 0 Å². The minimum atomic E-state index is -0.0838. The fourth-order valence-corrected chi connectivity index (χ4v) is 9.03. The second-order valence-electron chi connectivity index (χ2n) is 14.5. The summed E-state index contributed by atoms with van der Waals surface area (Å²) in [6.45, 7) is 9.51. The van der Waals surface area contributed by atoms with Crippen LogP contribution in [0.25, 0.3) is 76.8 Å². The molecular weight excluding hydrogens is 553 g/mol. The number of hydrogen-bond acceptors (Lipinski definition) is 0. The van der Waals surface area contributed by atoms with Crippen LogP contribution in [0.3, 0.4) is 0 Å². The van der Waals surface area contributed by atoms with Crippen LogP contribution in [-0.2, 0) is 10.8 Å². The zero-order valence-electron chi connectivity index (χ0n) is 26.7. The lowest BCUT2D eigenvalue weighted by Crippen LogP contribution is -2.15. The van der Waals surface area contributed by atoms with E-state index in [1.165, 1.54) is 99.1 Å². The second kappa shape index (κ2) is 8.74. The maximum atomic E-state index is 2.49. The number of rotatable bonds is 2. The first-order valence-electron chi connectivity index (χ1n) is 16.5. The molecular formula is C46H34. The van der Waals surface area contributed by atoms with E-state index < -0.39 is 0 Å². The van der Waals surface area contributed by atoms with Crippen molar-refractivity contribution in [3.8, 4) is 44.5 Å². The molecule has 8 aromatic carbocycles. The lowest BCUT2D eigenvalue weighted by atomic mass is 9.80. The van der Waals surface area contributed by atoms with Crippen LogP contribution in [0, 0.1) is 0 Å². The summed E-state index contributed by atoms with van der Waals surface area (Å²) < 4.78 is 0. The topological polar surface area (TPSA) is 0 Å². The number of benzene rings is 8. The Hall–Kier alpha value is -5.20. The van der Waals surface area contributed by atoms with Crippen LogP contribution >= 0.6 is 0 Å². The molecule has 0 saturated carbocycles. The molecule has 2 aliphatic carbocycles. The Balaban J connectivity index is 1.21. The molecule has 0 unspecified atom stereocenters. The van der Waals surface area contributed by atoms with Gasteiger partial charge in [-0.15, -0.1) is 0 Å². The molecule has 0 heterocycles. The fourth-order valence-electron chi connectivity index (χ4n) is 9.03. The Morgan fingerprint density at radius 1 is 0.348 bits per heavy atom. The van der Waals surface area contributed by atoms with Crippen LogP contribution < -0.4 is 0 Å². The van der Waals surface area contributed by atoms with E-state index in [1.54, 1.807) is 0 Å². The van der Waals surface area contributed by atoms with Crippen molar-refractivity contribution in [2.45, 2.75) is 38.5 Å². The normalized spacial score (nSPS) is 15.3. The lowest BCUT2D eigenvalue weighted by Gasteiger charge is -2.23. The van der Waals surface area contributed by atoms with Gasteiger partial charge in [0.1, 0.15) is 0 Å². The van der Waals surface area contributed by atoms with Crippen molar-refractivity contribution in [1.82, 2.24) is 0 Å². The van der Waals surface area contributed by atoms with Gasteiger partial charge in [-0.25, -0.2) is 0 Å². The molecule has 0 amide bonds. The van der Waals surface area contributed by atoms with Crippen LogP contribution in [0.5, 0.6) is 0 Å². The predicted octanol–water partition coefficient (Wildman–Crippen LogP) is 12.5. The summed E-state index contributed by atoms with van der Waals surface area (Å²) in [5.41, 5.74) is 16.3. The fraction of sp³-hybridized carbons (Fsp3) is 0.130. The van der Waals surface area contributed by atoms with Gasteiger partial charge in [-0.1, -0.05) is 143 Å². The van der Waals surface area contributed by atoms with Gasteiger partial charge in [0.15, 0.2) is 0 Å². The third kappa shape index (κ3) is 3.24. The summed E-state index contributed by atoms with van der Waals surface area (Å²) >= 11 is 0. The number of hydrogen-bond donors (Lipinski definition) is 0. The molecule has 0 nitrogen and oxygen atoms in total. The van der Waals surface area contributed by atoms with E-state index in [2.05, 4.69) is 161 Å². The van der Waals surface area contributed by atoms with E-state index in [4.69, 9.17) is 0 Å². The first-order valence-corrected chi connectivity index (χ1v) is 16.5. The van der Waals surface area contributed by atoms with Crippen molar-refractivity contribution >= 4 is 32.3 Å². The van der Waals surface area contributed by atoms with Crippen molar-refractivity contribution < 1.29 is 0 Å². The molecule has 2 aliphatic rings. The van der Waals surface area contributed by atoms with Crippen LogP contribution in [0.15, 0.2) is 133 Å². The highest BCUT2D eigenvalue weighted by Gasteiger charge is 2.38. The van der Waals surface area contributed by atoms with E-state index in [0.29, 0.717) is 0 Å². The molecule has 0 radical (unpaired) electrons. The summed E-state index contributed by atoms with van der Waals surface area (Å²) in [6, 6.07) is 50.6. The molecule has 46 heavy (non-hydrogen) atoms. The minimum absolute atomic E-state index is 0.0133.